The van der Waals surface area contributed by atoms with Crippen molar-refractivity contribution in [2.24, 2.45) is 23.7 Å². The Bertz CT molecular complexity index is 1990. The summed E-state index contributed by atoms with van der Waals surface area (Å²) in [5.41, 5.74) is -3.04. The van der Waals surface area contributed by atoms with Crippen molar-refractivity contribution in [2.75, 3.05) is 13.1 Å². The molecule has 3 aromatic rings. The lowest BCUT2D eigenvalue weighted by Gasteiger charge is -2.59. The standard InChI is InChI=1S/C41H45F7N4O4/c42-38(43)11-9-27(10-12-38)52-19-32(30-6-5-29(18-34(30)52)56-28-3-1-26(2-4-28)51-20-39(44,45)21-51)33-8-7-31(35(49-33)41(46,47)48)36(53)50-40(37(54)55)24-14-22-13-23(16-24)17-25(40)15-22/h5-8,18-19,22-28H,1-4,9-17,20-21H2,(H,50,53)(H,54,55). The number of aromatic nitrogens is 2. The Balaban J connectivity index is 1.02. The number of halogens is 7. The third-order valence-corrected chi connectivity index (χ3v) is 14.0. The SMILES string of the molecule is O=C(NC1(C(=O)O)C2CC3CC(C2)CC1C3)c1ccc(-c2cn(C3CCC(F)(F)CC3)c3cc(OC4CCC(N5CC(F)(F)C5)CC4)ccc23)nc1C(F)(F)F. The first-order chi connectivity index (χ1) is 26.5. The molecule has 2 aromatic heterocycles. The molecule has 6 saturated carbocycles. The molecule has 7 fully saturated rings. The van der Waals surface area contributed by atoms with Gasteiger partial charge >= 0.3 is 12.1 Å². The van der Waals surface area contributed by atoms with Gasteiger partial charge in [-0.1, -0.05) is 0 Å². The van der Waals surface area contributed by atoms with Gasteiger partial charge in [-0.05, 0) is 119 Å². The summed E-state index contributed by atoms with van der Waals surface area (Å²) in [6.45, 7) is -0.455. The number of carbonyl (C=O) groups excluding carboxylic acids is 1. The number of hydrogen-bond acceptors (Lipinski definition) is 5. The van der Waals surface area contributed by atoms with Crippen LogP contribution in [0.15, 0.2) is 36.5 Å². The fraction of sp³-hybridized carbons (Fsp3) is 0.634. The van der Waals surface area contributed by atoms with Crippen molar-refractivity contribution in [2.45, 2.75) is 125 Å². The number of nitrogens with one attached hydrogen (secondary N) is 1. The third-order valence-electron chi connectivity index (χ3n) is 14.0. The van der Waals surface area contributed by atoms with E-state index in [1.54, 1.807) is 29.3 Å². The second kappa shape index (κ2) is 13.3. The van der Waals surface area contributed by atoms with Gasteiger partial charge in [0.05, 0.1) is 36.0 Å². The summed E-state index contributed by atoms with van der Waals surface area (Å²) in [6.07, 6.45) is 2.23. The van der Waals surface area contributed by atoms with Gasteiger partial charge in [-0.2, -0.15) is 13.2 Å². The van der Waals surface area contributed by atoms with Gasteiger partial charge in [0.1, 0.15) is 11.3 Å². The minimum absolute atomic E-state index is 0.0726. The van der Waals surface area contributed by atoms with E-state index in [-0.39, 0.29) is 74.5 Å². The number of ether oxygens (including phenoxy) is 1. The summed E-state index contributed by atoms with van der Waals surface area (Å²) >= 11 is 0. The van der Waals surface area contributed by atoms with Gasteiger partial charge in [-0.15, -0.1) is 0 Å². The van der Waals surface area contributed by atoms with Gasteiger partial charge in [0.25, 0.3) is 11.8 Å². The van der Waals surface area contributed by atoms with Crippen LogP contribution in [0.1, 0.15) is 106 Å². The first-order valence-corrected chi connectivity index (χ1v) is 19.9. The van der Waals surface area contributed by atoms with E-state index in [1.165, 1.54) is 6.07 Å². The normalized spacial score (nSPS) is 32.6. The van der Waals surface area contributed by atoms with Crippen molar-refractivity contribution in [3.05, 3.63) is 47.8 Å². The maximum absolute atomic E-state index is 14.8. The smallest absolute Gasteiger partial charge is 0.434 e. The lowest BCUT2D eigenvalue weighted by molar-refractivity contribution is -0.163. The van der Waals surface area contributed by atoms with E-state index in [1.807, 2.05) is 4.57 Å². The van der Waals surface area contributed by atoms with E-state index in [2.05, 4.69) is 10.3 Å². The molecule has 2 N–H and O–H groups in total. The molecule has 1 amide bonds. The average molecular weight is 791 g/mol. The number of pyridine rings is 1. The van der Waals surface area contributed by atoms with Gasteiger partial charge in [0.15, 0.2) is 5.69 Å². The minimum Gasteiger partial charge on any atom is -0.490 e. The second-order valence-corrected chi connectivity index (χ2v) is 17.5. The number of amides is 1. The lowest BCUT2D eigenvalue weighted by Crippen LogP contribution is -2.70. The number of carbonyl (C=O) groups is 2. The van der Waals surface area contributed by atoms with E-state index >= 15 is 0 Å². The van der Waals surface area contributed by atoms with Crippen molar-refractivity contribution >= 4 is 22.8 Å². The summed E-state index contributed by atoms with van der Waals surface area (Å²) in [5.74, 6) is -7.30. The Morgan fingerprint density at radius 2 is 1.46 bits per heavy atom. The van der Waals surface area contributed by atoms with Crippen LogP contribution in [-0.2, 0) is 11.0 Å². The van der Waals surface area contributed by atoms with Crippen LogP contribution < -0.4 is 10.1 Å². The molecule has 302 valence electrons. The predicted molar refractivity (Wildman–Crippen MR) is 191 cm³/mol. The molecule has 0 atom stereocenters. The Kier molecular flexibility index (Phi) is 8.98. The number of alkyl halides is 7. The second-order valence-electron chi connectivity index (χ2n) is 17.5. The number of hydrogen-bond donors (Lipinski definition) is 2. The Morgan fingerprint density at radius 3 is 2.05 bits per heavy atom. The summed E-state index contributed by atoms with van der Waals surface area (Å²) < 4.78 is 108. The van der Waals surface area contributed by atoms with Crippen LogP contribution in [0.3, 0.4) is 0 Å². The number of likely N-dealkylation sites (tertiary alicyclic amines) is 1. The zero-order valence-corrected chi connectivity index (χ0v) is 30.8. The molecule has 0 spiro atoms. The quantitative estimate of drug-likeness (QED) is 0.221. The number of carboxylic acids is 1. The fourth-order valence-corrected chi connectivity index (χ4v) is 11.4. The molecule has 1 aliphatic heterocycles. The monoisotopic (exact) mass is 790 g/mol. The van der Waals surface area contributed by atoms with Gasteiger partial charge in [0, 0.05) is 48.1 Å². The van der Waals surface area contributed by atoms with Crippen LogP contribution in [0.2, 0.25) is 0 Å². The third kappa shape index (κ3) is 6.62. The Labute approximate surface area is 319 Å². The summed E-state index contributed by atoms with van der Waals surface area (Å²) in [4.78, 5) is 32.5. The van der Waals surface area contributed by atoms with Gasteiger partial charge < -0.3 is 19.7 Å². The summed E-state index contributed by atoms with van der Waals surface area (Å²) in [7, 11) is 0. The van der Waals surface area contributed by atoms with E-state index in [0.717, 1.165) is 12.5 Å². The fourth-order valence-electron chi connectivity index (χ4n) is 11.4. The molecule has 1 aromatic carbocycles. The van der Waals surface area contributed by atoms with Crippen LogP contribution in [0, 0.1) is 23.7 Å². The molecule has 7 aliphatic rings. The molecule has 8 nitrogen and oxygen atoms in total. The van der Waals surface area contributed by atoms with Crippen molar-refractivity contribution in [3.8, 4) is 17.0 Å². The summed E-state index contributed by atoms with van der Waals surface area (Å²) in [5, 5.41) is 13.6. The topological polar surface area (TPSA) is 96.7 Å². The predicted octanol–water partition coefficient (Wildman–Crippen LogP) is 9.12. The van der Waals surface area contributed by atoms with Crippen molar-refractivity contribution in [1.29, 1.82) is 0 Å². The minimum atomic E-state index is -5.06. The maximum atomic E-state index is 14.8. The summed E-state index contributed by atoms with van der Waals surface area (Å²) in [6, 6.07) is 7.24. The molecule has 0 unspecified atom stereocenters. The van der Waals surface area contributed by atoms with Gasteiger partial charge in [-0.25, -0.2) is 27.3 Å². The Hall–Kier alpha value is -3.88. The van der Waals surface area contributed by atoms with Gasteiger partial charge in [0.2, 0.25) is 5.92 Å². The van der Waals surface area contributed by atoms with Crippen LogP contribution >= 0.6 is 0 Å². The zero-order valence-electron chi connectivity index (χ0n) is 30.8. The molecule has 0 radical (unpaired) electrons. The van der Waals surface area contributed by atoms with Crippen molar-refractivity contribution in [1.82, 2.24) is 19.8 Å². The average Bonchev–Trinajstić information content (AvgIpc) is 3.50. The van der Waals surface area contributed by atoms with Crippen LogP contribution in [0.25, 0.3) is 22.2 Å². The molecule has 1 saturated heterocycles. The highest BCUT2D eigenvalue weighted by molar-refractivity contribution is 6.00. The largest absolute Gasteiger partial charge is 0.490 e. The number of fused-ring (bicyclic) bond motifs is 1. The Morgan fingerprint density at radius 1 is 0.821 bits per heavy atom. The molecule has 4 bridgehead atoms. The maximum Gasteiger partial charge on any atom is 0.434 e. The molecule has 10 rings (SSSR count). The van der Waals surface area contributed by atoms with Crippen LogP contribution in [0.4, 0.5) is 30.7 Å². The molecule has 6 aliphatic carbocycles. The number of benzene rings is 1. The molecule has 15 heteroatoms. The molecule has 56 heavy (non-hydrogen) atoms. The van der Waals surface area contributed by atoms with E-state index in [9.17, 15) is 45.4 Å². The number of nitrogens with zero attached hydrogens (tertiary/aromatic N) is 3. The number of rotatable bonds is 8. The zero-order chi connectivity index (χ0) is 39.4. The first kappa shape index (κ1) is 37.7. The number of aliphatic carboxylic acids is 1. The molecular formula is C41H45F7N4O4. The van der Waals surface area contributed by atoms with E-state index < -0.39 is 46.7 Å². The van der Waals surface area contributed by atoms with E-state index in [4.69, 9.17) is 4.74 Å². The highest BCUT2D eigenvalue weighted by Crippen LogP contribution is 2.58. The highest BCUT2D eigenvalue weighted by atomic mass is 19.4. The van der Waals surface area contributed by atoms with Crippen LogP contribution in [-0.4, -0.2) is 74.1 Å². The van der Waals surface area contributed by atoms with E-state index in [0.29, 0.717) is 85.4 Å². The van der Waals surface area contributed by atoms with Crippen LogP contribution in [0.5, 0.6) is 5.75 Å². The molecular weight excluding hydrogens is 745 g/mol. The van der Waals surface area contributed by atoms with Crippen molar-refractivity contribution < 1.29 is 50.2 Å². The first-order valence-electron chi connectivity index (χ1n) is 19.9. The number of carboxylic acid groups (broad SMARTS) is 1. The molecule has 3 heterocycles. The van der Waals surface area contributed by atoms with Crippen molar-refractivity contribution in [3.63, 3.8) is 0 Å². The van der Waals surface area contributed by atoms with Gasteiger partial charge in [-0.3, -0.25) is 9.69 Å². The highest BCUT2D eigenvalue weighted by Gasteiger charge is 2.62. The lowest BCUT2D eigenvalue weighted by atomic mass is 9.48.